The number of hydrogen-bond acceptors (Lipinski definition) is 4. The summed E-state index contributed by atoms with van der Waals surface area (Å²) < 4.78 is 5.05. The summed E-state index contributed by atoms with van der Waals surface area (Å²) in [6.07, 6.45) is 1.59. The summed E-state index contributed by atoms with van der Waals surface area (Å²) in [4.78, 5) is 11.8. The highest BCUT2D eigenvalue weighted by Crippen LogP contribution is 2.33. The normalized spacial score (nSPS) is 10.7. The fourth-order valence-corrected chi connectivity index (χ4v) is 2.52. The molecule has 23 heavy (non-hydrogen) atoms. The summed E-state index contributed by atoms with van der Waals surface area (Å²) >= 11 is 12.0. The molecular formula is C16H14Cl2N2O3. The number of hydrazone groups is 1. The SMILES string of the molecule is COc1c(Cl)cc(/C=N\NC(=O)Cc2ccc(O)cc2)cc1Cl. The molecular weight excluding hydrogens is 339 g/mol. The molecule has 0 saturated heterocycles. The Morgan fingerprint density at radius 1 is 1.26 bits per heavy atom. The van der Waals surface area contributed by atoms with E-state index < -0.39 is 0 Å². The number of amides is 1. The van der Waals surface area contributed by atoms with Crippen LogP contribution < -0.4 is 10.2 Å². The van der Waals surface area contributed by atoms with Crippen LogP contribution in [0.3, 0.4) is 0 Å². The number of nitrogens with zero attached hydrogens (tertiary/aromatic N) is 1. The van der Waals surface area contributed by atoms with Crippen LogP contribution in [0.25, 0.3) is 0 Å². The molecule has 0 aliphatic rings. The molecule has 1 amide bonds. The molecule has 0 atom stereocenters. The van der Waals surface area contributed by atoms with Gasteiger partial charge in [0, 0.05) is 0 Å². The molecule has 7 heteroatoms. The largest absolute Gasteiger partial charge is 0.508 e. The lowest BCUT2D eigenvalue weighted by atomic mass is 10.1. The summed E-state index contributed by atoms with van der Waals surface area (Å²) in [6, 6.07) is 9.63. The summed E-state index contributed by atoms with van der Waals surface area (Å²) in [6.45, 7) is 0. The van der Waals surface area contributed by atoms with Gasteiger partial charge in [-0.3, -0.25) is 4.79 Å². The number of phenolic OH excluding ortho intramolecular Hbond substituents is 1. The molecule has 0 fully saturated rings. The van der Waals surface area contributed by atoms with Gasteiger partial charge in [0.1, 0.15) is 5.75 Å². The maximum absolute atomic E-state index is 11.8. The van der Waals surface area contributed by atoms with Crippen LogP contribution in [0.15, 0.2) is 41.5 Å². The molecule has 0 aromatic heterocycles. The van der Waals surface area contributed by atoms with Gasteiger partial charge in [-0.25, -0.2) is 5.43 Å². The Morgan fingerprint density at radius 3 is 2.43 bits per heavy atom. The minimum Gasteiger partial charge on any atom is -0.508 e. The fraction of sp³-hybridized carbons (Fsp3) is 0.125. The molecule has 2 aromatic carbocycles. The first-order chi connectivity index (χ1) is 11.0. The first-order valence-electron chi connectivity index (χ1n) is 6.62. The van der Waals surface area contributed by atoms with E-state index in [4.69, 9.17) is 27.9 Å². The highest BCUT2D eigenvalue weighted by atomic mass is 35.5. The molecule has 0 bridgehead atoms. The van der Waals surface area contributed by atoms with Crippen LogP contribution in [0.4, 0.5) is 0 Å². The van der Waals surface area contributed by atoms with Gasteiger partial charge in [0.2, 0.25) is 5.91 Å². The van der Waals surface area contributed by atoms with Crippen LogP contribution in [0.5, 0.6) is 11.5 Å². The summed E-state index contributed by atoms with van der Waals surface area (Å²) in [5.74, 6) is 0.264. The zero-order valence-electron chi connectivity index (χ0n) is 12.2. The molecule has 120 valence electrons. The van der Waals surface area contributed by atoms with Gasteiger partial charge < -0.3 is 9.84 Å². The van der Waals surface area contributed by atoms with Gasteiger partial charge in [0.15, 0.2) is 5.75 Å². The van der Waals surface area contributed by atoms with Gasteiger partial charge in [-0.2, -0.15) is 5.10 Å². The third kappa shape index (κ3) is 4.87. The molecule has 0 saturated carbocycles. The molecule has 0 unspecified atom stereocenters. The number of ether oxygens (including phenoxy) is 1. The molecule has 2 aromatic rings. The number of carbonyl (C=O) groups excluding carboxylic acids is 1. The Hall–Kier alpha value is -2.24. The van der Waals surface area contributed by atoms with E-state index in [-0.39, 0.29) is 18.1 Å². The van der Waals surface area contributed by atoms with Gasteiger partial charge in [0.05, 0.1) is 29.8 Å². The molecule has 0 heterocycles. The van der Waals surface area contributed by atoms with E-state index in [0.29, 0.717) is 21.4 Å². The first-order valence-corrected chi connectivity index (χ1v) is 7.38. The van der Waals surface area contributed by atoms with Crippen molar-refractivity contribution < 1.29 is 14.6 Å². The molecule has 0 radical (unpaired) electrons. The van der Waals surface area contributed by atoms with Gasteiger partial charge in [-0.15, -0.1) is 0 Å². The van der Waals surface area contributed by atoms with Crippen LogP contribution in [0.2, 0.25) is 10.0 Å². The average Bonchev–Trinajstić information content (AvgIpc) is 2.49. The minimum absolute atomic E-state index is 0.153. The first kappa shape index (κ1) is 17.1. The molecule has 0 aliphatic heterocycles. The zero-order chi connectivity index (χ0) is 16.8. The lowest BCUT2D eigenvalue weighted by molar-refractivity contribution is -0.120. The van der Waals surface area contributed by atoms with E-state index in [9.17, 15) is 9.90 Å². The summed E-state index contributed by atoms with van der Waals surface area (Å²) in [5.41, 5.74) is 3.81. The van der Waals surface area contributed by atoms with Crippen molar-refractivity contribution in [2.45, 2.75) is 6.42 Å². The van der Waals surface area contributed by atoms with Crippen molar-refractivity contribution >= 4 is 35.3 Å². The van der Waals surface area contributed by atoms with Crippen LogP contribution >= 0.6 is 23.2 Å². The summed E-state index contributed by atoms with van der Waals surface area (Å²) in [5, 5.41) is 13.8. The van der Waals surface area contributed by atoms with Crippen molar-refractivity contribution in [3.05, 3.63) is 57.6 Å². The quantitative estimate of drug-likeness (QED) is 0.639. The van der Waals surface area contributed by atoms with E-state index >= 15 is 0 Å². The van der Waals surface area contributed by atoms with Crippen molar-refractivity contribution in [3.8, 4) is 11.5 Å². The molecule has 0 aliphatic carbocycles. The van der Waals surface area contributed by atoms with E-state index in [1.807, 2.05) is 0 Å². The number of methoxy groups -OCH3 is 1. The molecule has 2 N–H and O–H groups in total. The average molecular weight is 353 g/mol. The van der Waals surface area contributed by atoms with Crippen LogP contribution in [-0.2, 0) is 11.2 Å². The highest BCUT2D eigenvalue weighted by Gasteiger charge is 2.07. The van der Waals surface area contributed by atoms with Crippen molar-refractivity contribution in [2.24, 2.45) is 5.10 Å². The van der Waals surface area contributed by atoms with E-state index in [0.717, 1.165) is 5.56 Å². The maximum atomic E-state index is 11.8. The Balaban J connectivity index is 1.96. The number of rotatable bonds is 5. The third-order valence-corrected chi connectivity index (χ3v) is 3.49. The number of hydrogen-bond donors (Lipinski definition) is 2. The van der Waals surface area contributed by atoms with Crippen molar-refractivity contribution in [2.75, 3.05) is 7.11 Å². The molecule has 0 spiro atoms. The van der Waals surface area contributed by atoms with Crippen molar-refractivity contribution in [1.82, 2.24) is 5.43 Å². The molecule has 5 nitrogen and oxygen atoms in total. The second-order valence-corrected chi connectivity index (χ2v) is 5.47. The third-order valence-electron chi connectivity index (χ3n) is 2.93. The predicted octanol–water partition coefficient (Wildman–Crippen LogP) is 3.40. The highest BCUT2D eigenvalue weighted by molar-refractivity contribution is 6.37. The number of halogens is 2. The minimum atomic E-state index is -0.280. The van der Waals surface area contributed by atoms with Crippen molar-refractivity contribution in [3.63, 3.8) is 0 Å². The van der Waals surface area contributed by atoms with Gasteiger partial charge in [-0.1, -0.05) is 35.3 Å². The number of phenols is 1. The van der Waals surface area contributed by atoms with Gasteiger partial charge in [-0.05, 0) is 35.4 Å². The second kappa shape index (κ2) is 7.85. The van der Waals surface area contributed by atoms with E-state index in [1.165, 1.54) is 25.5 Å². The van der Waals surface area contributed by atoms with Crippen molar-refractivity contribution in [1.29, 1.82) is 0 Å². The van der Waals surface area contributed by atoms with E-state index in [2.05, 4.69) is 10.5 Å². The van der Waals surface area contributed by atoms with Crippen LogP contribution in [0, 0.1) is 0 Å². The summed E-state index contributed by atoms with van der Waals surface area (Å²) in [7, 11) is 1.48. The van der Waals surface area contributed by atoms with Gasteiger partial charge >= 0.3 is 0 Å². The monoisotopic (exact) mass is 352 g/mol. The standard InChI is InChI=1S/C16H14Cl2N2O3/c1-23-16-13(17)6-11(7-14(16)18)9-19-20-15(22)8-10-2-4-12(21)5-3-10/h2-7,9,21H,8H2,1H3,(H,20,22)/b19-9-. The lowest BCUT2D eigenvalue weighted by Gasteiger charge is -2.06. The number of nitrogens with one attached hydrogen (secondary N) is 1. The fourth-order valence-electron chi connectivity index (χ4n) is 1.87. The Morgan fingerprint density at radius 2 is 1.87 bits per heavy atom. The predicted molar refractivity (Wildman–Crippen MR) is 90.6 cm³/mol. The topological polar surface area (TPSA) is 70.9 Å². The maximum Gasteiger partial charge on any atom is 0.244 e. The van der Waals surface area contributed by atoms with Crippen LogP contribution in [0.1, 0.15) is 11.1 Å². The smallest absolute Gasteiger partial charge is 0.244 e. The van der Waals surface area contributed by atoms with Crippen LogP contribution in [-0.4, -0.2) is 24.3 Å². The number of benzene rings is 2. The lowest BCUT2D eigenvalue weighted by Crippen LogP contribution is -2.19. The van der Waals surface area contributed by atoms with E-state index in [1.54, 1.807) is 24.3 Å². The van der Waals surface area contributed by atoms with Gasteiger partial charge in [0.25, 0.3) is 0 Å². The molecule has 2 rings (SSSR count). The second-order valence-electron chi connectivity index (χ2n) is 4.65. The number of aromatic hydroxyl groups is 1. The Labute approximate surface area is 143 Å². The Bertz CT molecular complexity index is 708. The number of carbonyl (C=O) groups is 1. The zero-order valence-corrected chi connectivity index (χ0v) is 13.7. The Kier molecular flexibility index (Phi) is 5.84.